The van der Waals surface area contributed by atoms with Gasteiger partial charge in [-0.3, -0.25) is 9.48 Å². The average Bonchev–Trinajstić information content (AvgIpc) is 3.43. The molecule has 1 aliphatic rings. The number of aromatic nitrogens is 2. The summed E-state index contributed by atoms with van der Waals surface area (Å²) in [6.07, 6.45) is 2.11. The van der Waals surface area contributed by atoms with Gasteiger partial charge >= 0.3 is 12.1 Å². The molecule has 0 saturated carbocycles. The number of nitrogens with one attached hydrogen (secondary N) is 2. The lowest BCUT2D eigenvalue weighted by Crippen LogP contribution is -2.35. The van der Waals surface area contributed by atoms with Gasteiger partial charge in [-0.25, -0.2) is 9.59 Å². The zero-order valence-corrected chi connectivity index (χ0v) is 19.2. The predicted molar refractivity (Wildman–Crippen MR) is 129 cm³/mol. The van der Waals surface area contributed by atoms with Crippen LogP contribution in [0.4, 0.5) is 10.5 Å². The molecular weight excluding hydrogens is 448 g/mol. The summed E-state index contributed by atoms with van der Waals surface area (Å²) in [5, 5.41) is 18.2. The highest BCUT2D eigenvalue weighted by Crippen LogP contribution is 2.44. The second kappa shape index (κ2) is 9.73. The van der Waals surface area contributed by atoms with E-state index in [0.29, 0.717) is 5.69 Å². The van der Waals surface area contributed by atoms with Crippen molar-refractivity contribution < 1.29 is 24.2 Å². The molecule has 35 heavy (non-hydrogen) atoms. The Morgan fingerprint density at radius 1 is 1.09 bits per heavy atom. The molecule has 3 aromatic rings. The van der Waals surface area contributed by atoms with Crippen molar-refractivity contribution in [3.63, 3.8) is 0 Å². The Morgan fingerprint density at radius 2 is 1.71 bits per heavy atom. The van der Waals surface area contributed by atoms with Gasteiger partial charge in [0.2, 0.25) is 0 Å². The molecular formula is C26H24N4O5. The van der Waals surface area contributed by atoms with Gasteiger partial charge in [-0.05, 0) is 42.0 Å². The van der Waals surface area contributed by atoms with Gasteiger partial charge in [-0.1, -0.05) is 54.5 Å². The Labute approximate surface area is 202 Å². The monoisotopic (exact) mass is 472 g/mol. The van der Waals surface area contributed by atoms with E-state index in [0.717, 1.165) is 22.3 Å². The molecule has 2 aromatic carbocycles. The van der Waals surface area contributed by atoms with Gasteiger partial charge in [0.1, 0.15) is 6.61 Å². The molecule has 1 heterocycles. The van der Waals surface area contributed by atoms with Crippen LogP contribution in [0.2, 0.25) is 0 Å². The SMILES string of the molecule is CC(C)(C(=O)O)n1cc(NC(=O)C#CCNC(=O)OCC2c3ccccc3-c3ccccc32)cn1. The Bertz CT molecular complexity index is 1300. The average molecular weight is 473 g/mol. The van der Waals surface area contributed by atoms with Crippen LogP contribution in [-0.4, -0.2) is 46.0 Å². The lowest BCUT2D eigenvalue weighted by atomic mass is 9.98. The second-order valence-electron chi connectivity index (χ2n) is 8.47. The van der Waals surface area contributed by atoms with Gasteiger partial charge in [0.25, 0.3) is 5.91 Å². The van der Waals surface area contributed by atoms with Crippen molar-refractivity contribution in [1.29, 1.82) is 0 Å². The number of aliphatic carboxylic acids is 1. The minimum Gasteiger partial charge on any atom is -0.479 e. The molecule has 9 nitrogen and oxygen atoms in total. The number of hydrogen-bond acceptors (Lipinski definition) is 5. The maximum absolute atomic E-state index is 12.2. The number of fused-ring (bicyclic) bond motifs is 3. The normalized spacial score (nSPS) is 12.1. The third-order valence-electron chi connectivity index (χ3n) is 5.80. The molecule has 0 aliphatic heterocycles. The number of carboxylic acids is 1. The summed E-state index contributed by atoms with van der Waals surface area (Å²) in [5.74, 6) is 3.19. The predicted octanol–water partition coefficient (Wildman–Crippen LogP) is 3.18. The van der Waals surface area contributed by atoms with Crippen molar-refractivity contribution in [1.82, 2.24) is 15.1 Å². The topological polar surface area (TPSA) is 123 Å². The van der Waals surface area contributed by atoms with Crippen LogP contribution in [0.3, 0.4) is 0 Å². The molecule has 3 N–H and O–H groups in total. The number of anilines is 1. The first-order valence-corrected chi connectivity index (χ1v) is 10.9. The molecule has 0 atom stereocenters. The summed E-state index contributed by atoms with van der Waals surface area (Å²) in [6, 6.07) is 16.1. The fourth-order valence-corrected chi connectivity index (χ4v) is 3.84. The summed E-state index contributed by atoms with van der Waals surface area (Å²) in [5.41, 5.74) is 3.57. The van der Waals surface area contributed by atoms with E-state index >= 15 is 0 Å². The van der Waals surface area contributed by atoms with Crippen LogP contribution < -0.4 is 10.6 Å². The number of ether oxygens (including phenoxy) is 1. The maximum atomic E-state index is 12.2. The summed E-state index contributed by atoms with van der Waals surface area (Å²) >= 11 is 0. The molecule has 0 radical (unpaired) electrons. The Morgan fingerprint density at radius 3 is 2.34 bits per heavy atom. The lowest BCUT2D eigenvalue weighted by Gasteiger charge is -2.19. The first kappa shape index (κ1) is 23.6. The van der Waals surface area contributed by atoms with Crippen LogP contribution in [-0.2, 0) is 19.9 Å². The van der Waals surface area contributed by atoms with Crippen molar-refractivity contribution >= 4 is 23.7 Å². The molecule has 0 saturated heterocycles. The zero-order chi connectivity index (χ0) is 25.0. The Kier molecular flexibility index (Phi) is 6.55. The van der Waals surface area contributed by atoms with Crippen LogP contribution >= 0.6 is 0 Å². The van der Waals surface area contributed by atoms with Crippen molar-refractivity contribution in [3.05, 3.63) is 72.1 Å². The number of benzene rings is 2. The van der Waals surface area contributed by atoms with Crippen LogP contribution in [0.15, 0.2) is 60.9 Å². The minimum atomic E-state index is -1.26. The Balaban J connectivity index is 1.26. The molecule has 0 fully saturated rings. The molecule has 4 rings (SSSR count). The van der Waals surface area contributed by atoms with E-state index in [-0.39, 0.29) is 19.1 Å². The van der Waals surface area contributed by atoms with Gasteiger partial charge in [0, 0.05) is 12.1 Å². The van der Waals surface area contributed by atoms with E-state index in [1.807, 2.05) is 36.4 Å². The molecule has 2 amide bonds. The molecule has 1 aromatic heterocycles. The van der Waals surface area contributed by atoms with Crippen molar-refractivity contribution in [2.75, 3.05) is 18.5 Å². The van der Waals surface area contributed by atoms with Crippen molar-refractivity contribution in [2.24, 2.45) is 0 Å². The largest absolute Gasteiger partial charge is 0.479 e. The highest BCUT2D eigenvalue weighted by atomic mass is 16.5. The zero-order valence-electron chi connectivity index (χ0n) is 19.2. The van der Waals surface area contributed by atoms with Crippen molar-refractivity contribution in [2.45, 2.75) is 25.3 Å². The van der Waals surface area contributed by atoms with E-state index in [2.05, 4.69) is 39.7 Å². The van der Waals surface area contributed by atoms with Gasteiger partial charge < -0.3 is 20.5 Å². The number of rotatable bonds is 6. The Hall–Kier alpha value is -4.58. The molecule has 0 spiro atoms. The third-order valence-corrected chi connectivity index (χ3v) is 5.80. The van der Waals surface area contributed by atoms with Crippen LogP contribution in [0.1, 0.15) is 30.9 Å². The minimum absolute atomic E-state index is 0.0444. The summed E-state index contributed by atoms with van der Waals surface area (Å²) in [4.78, 5) is 35.4. The highest BCUT2D eigenvalue weighted by Gasteiger charge is 2.30. The number of alkyl carbamates (subject to hydrolysis) is 1. The van der Waals surface area contributed by atoms with Crippen molar-refractivity contribution in [3.8, 4) is 23.0 Å². The lowest BCUT2D eigenvalue weighted by molar-refractivity contribution is -0.146. The fraction of sp³-hybridized carbons (Fsp3) is 0.231. The smallest absolute Gasteiger partial charge is 0.407 e. The second-order valence-corrected chi connectivity index (χ2v) is 8.47. The van der Waals surface area contributed by atoms with Crippen LogP contribution in [0.5, 0.6) is 0 Å². The number of amides is 2. The van der Waals surface area contributed by atoms with E-state index in [1.165, 1.54) is 30.9 Å². The van der Waals surface area contributed by atoms with Gasteiger partial charge in [0.05, 0.1) is 18.4 Å². The summed E-state index contributed by atoms with van der Waals surface area (Å²) in [7, 11) is 0. The first-order chi connectivity index (χ1) is 16.8. The van der Waals surface area contributed by atoms with Gasteiger partial charge in [0.15, 0.2) is 5.54 Å². The quantitative estimate of drug-likeness (QED) is 0.474. The number of hydrogen-bond donors (Lipinski definition) is 3. The highest BCUT2D eigenvalue weighted by molar-refractivity contribution is 6.03. The van der Waals surface area contributed by atoms with E-state index < -0.39 is 23.5 Å². The molecule has 9 heteroatoms. The van der Waals surface area contributed by atoms with Gasteiger partial charge in [-0.2, -0.15) is 5.10 Å². The molecule has 0 unspecified atom stereocenters. The van der Waals surface area contributed by atoms with E-state index in [1.54, 1.807) is 0 Å². The van der Waals surface area contributed by atoms with Crippen LogP contribution in [0.25, 0.3) is 11.1 Å². The standard InChI is InChI=1S/C26H24N4O5/c1-26(2,24(32)33)30-15-17(14-28-30)29-23(31)12-7-13-27-25(34)35-16-22-20-10-5-3-8-18(20)19-9-4-6-11-21(19)22/h3-6,8-11,14-15,22H,13,16H2,1-2H3,(H,27,34)(H,29,31)(H,32,33). The number of nitrogens with zero attached hydrogens (tertiary/aromatic N) is 2. The first-order valence-electron chi connectivity index (χ1n) is 10.9. The number of carbonyl (C=O) groups is 3. The molecule has 0 bridgehead atoms. The van der Waals surface area contributed by atoms with Crippen LogP contribution in [0, 0.1) is 11.8 Å². The third kappa shape index (κ3) is 5.01. The molecule has 178 valence electrons. The summed E-state index contributed by atoms with van der Waals surface area (Å²) in [6.45, 7) is 3.09. The maximum Gasteiger partial charge on any atom is 0.407 e. The summed E-state index contributed by atoms with van der Waals surface area (Å²) < 4.78 is 6.65. The molecule has 1 aliphatic carbocycles. The number of carboxylic acid groups (broad SMARTS) is 1. The van der Waals surface area contributed by atoms with Gasteiger partial charge in [-0.15, -0.1) is 0 Å². The van der Waals surface area contributed by atoms with E-state index in [4.69, 9.17) is 4.74 Å². The van der Waals surface area contributed by atoms with E-state index in [9.17, 15) is 19.5 Å². The fourth-order valence-electron chi connectivity index (χ4n) is 3.84. The number of carbonyl (C=O) groups excluding carboxylic acids is 2.